The Morgan fingerprint density at radius 2 is 2.00 bits per heavy atom. The van der Waals surface area contributed by atoms with Crippen LogP contribution in [0.5, 0.6) is 0 Å². The van der Waals surface area contributed by atoms with Crippen LogP contribution >= 0.6 is 0 Å². The van der Waals surface area contributed by atoms with Gasteiger partial charge in [-0.2, -0.15) is 0 Å². The minimum atomic E-state index is -0.578. The first-order valence-electron chi connectivity index (χ1n) is 6.21. The molecule has 94 valence electrons. The van der Waals surface area contributed by atoms with Gasteiger partial charge in [0.15, 0.2) is 0 Å². The summed E-state index contributed by atoms with van der Waals surface area (Å²) in [5.74, 6) is -0.250. The number of carbonyl (C=O) groups excluding carboxylic acids is 2. The molecule has 1 saturated carbocycles. The highest BCUT2D eigenvalue weighted by Gasteiger charge is 2.54. The summed E-state index contributed by atoms with van der Waals surface area (Å²) in [6.07, 6.45) is 3.58. The number of rotatable bonds is 2. The van der Waals surface area contributed by atoms with Crippen LogP contribution in [-0.2, 0) is 14.3 Å². The Bertz CT molecular complexity index is 391. The Labute approximate surface area is 102 Å². The molecule has 0 aromatic carbocycles. The SMILES string of the molecule is CCOC(=O)C1=C(C)N(C)C(=O)C12CCCC2. The number of ether oxygens (including phenoxy) is 1. The average molecular weight is 237 g/mol. The fraction of sp³-hybridized carbons (Fsp3) is 0.692. The number of allylic oxidation sites excluding steroid dienone is 1. The maximum atomic E-state index is 12.3. The summed E-state index contributed by atoms with van der Waals surface area (Å²) < 4.78 is 5.10. The molecule has 0 N–H and O–H groups in total. The van der Waals surface area contributed by atoms with Crippen molar-refractivity contribution in [2.45, 2.75) is 39.5 Å². The Balaban J connectivity index is 2.43. The highest BCUT2D eigenvalue weighted by molar-refractivity contribution is 6.04. The number of carbonyl (C=O) groups is 2. The van der Waals surface area contributed by atoms with Gasteiger partial charge in [-0.15, -0.1) is 0 Å². The third-order valence-electron chi connectivity index (χ3n) is 3.99. The molecule has 1 spiro atoms. The minimum Gasteiger partial charge on any atom is -0.463 e. The summed E-state index contributed by atoms with van der Waals surface area (Å²) in [7, 11) is 1.74. The van der Waals surface area contributed by atoms with Gasteiger partial charge in [0.2, 0.25) is 5.91 Å². The molecular formula is C13H19NO3. The molecule has 1 aliphatic carbocycles. The van der Waals surface area contributed by atoms with E-state index >= 15 is 0 Å². The molecule has 1 heterocycles. The van der Waals surface area contributed by atoms with Crippen molar-refractivity contribution in [3.8, 4) is 0 Å². The second kappa shape index (κ2) is 4.17. The highest BCUT2D eigenvalue weighted by atomic mass is 16.5. The first kappa shape index (κ1) is 12.1. The molecule has 0 bridgehead atoms. The van der Waals surface area contributed by atoms with Gasteiger partial charge in [0.25, 0.3) is 0 Å². The Hall–Kier alpha value is -1.32. The Morgan fingerprint density at radius 1 is 1.41 bits per heavy atom. The monoisotopic (exact) mass is 237 g/mol. The lowest BCUT2D eigenvalue weighted by atomic mass is 9.79. The minimum absolute atomic E-state index is 0.0653. The van der Waals surface area contributed by atoms with Gasteiger partial charge in [0, 0.05) is 12.7 Å². The molecule has 4 heteroatoms. The lowest BCUT2D eigenvalue weighted by Crippen LogP contribution is -2.34. The molecular weight excluding hydrogens is 218 g/mol. The molecule has 0 saturated heterocycles. The van der Waals surface area contributed by atoms with Gasteiger partial charge in [-0.05, 0) is 26.7 Å². The molecule has 1 amide bonds. The van der Waals surface area contributed by atoms with E-state index in [2.05, 4.69) is 0 Å². The zero-order valence-electron chi connectivity index (χ0n) is 10.7. The van der Waals surface area contributed by atoms with Crippen molar-refractivity contribution in [2.24, 2.45) is 5.41 Å². The van der Waals surface area contributed by atoms with Gasteiger partial charge < -0.3 is 9.64 Å². The molecule has 0 radical (unpaired) electrons. The van der Waals surface area contributed by atoms with E-state index in [0.717, 1.165) is 31.4 Å². The maximum absolute atomic E-state index is 12.3. The summed E-state index contributed by atoms with van der Waals surface area (Å²) >= 11 is 0. The number of hydrogen-bond donors (Lipinski definition) is 0. The Morgan fingerprint density at radius 3 is 2.53 bits per heavy atom. The van der Waals surface area contributed by atoms with Gasteiger partial charge in [0.05, 0.1) is 17.6 Å². The van der Waals surface area contributed by atoms with Crippen molar-refractivity contribution in [1.82, 2.24) is 4.90 Å². The fourth-order valence-corrected chi connectivity index (χ4v) is 3.08. The van der Waals surface area contributed by atoms with E-state index < -0.39 is 5.41 Å². The lowest BCUT2D eigenvalue weighted by molar-refractivity contribution is -0.143. The molecule has 0 aromatic heterocycles. The topological polar surface area (TPSA) is 46.6 Å². The molecule has 17 heavy (non-hydrogen) atoms. The highest BCUT2D eigenvalue weighted by Crippen LogP contribution is 2.51. The molecule has 1 aliphatic heterocycles. The van der Waals surface area contributed by atoms with Crippen molar-refractivity contribution in [2.75, 3.05) is 13.7 Å². The second-order valence-electron chi connectivity index (χ2n) is 4.83. The standard InChI is InChI=1S/C13H19NO3/c1-4-17-11(15)10-9(2)14(3)12(16)13(10)7-5-6-8-13/h4-8H2,1-3H3. The molecule has 1 fully saturated rings. The van der Waals surface area contributed by atoms with Crippen LogP contribution in [0.1, 0.15) is 39.5 Å². The zero-order chi connectivity index (χ0) is 12.6. The number of hydrogen-bond acceptors (Lipinski definition) is 3. The molecule has 0 atom stereocenters. The maximum Gasteiger partial charge on any atom is 0.336 e. The molecule has 2 rings (SSSR count). The van der Waals surface area contributed by atoms with Crippen LogP contribution in [0.15, 0.2) is 11.3 Å². The zero-order valence-corrected chi connectivity index (χ0v) is 10.7. The van der Waals surface area contributed by atoms with E-state index in [-0.39, 0.29) is 11.9 Å². The summed E-state index contributed by atoms with van der Waals surface area (Å²) in [6, 6.07) is 0. The van der Waals surface area contributed by atoms with Crippen LogP contribution in [0, 0.1) is 5.41 Å². The smallest absolute Gasteiger partial charge is 0.336 e. The third-order valence-corrected chi connectivity index (χ3v) is 3.99. The van der Waals surface area contributed by atoms with Gasteiger partial charge in [-0.1, -0.05) is 12.8 Å². The van der Waals surface area contributed by atoms with E-state index in [1.807, 2.05) is 6.92 Å². The van der Waals surface area contributed by atoms with Crippen molar-refractivity contribution < 1.29 is 14.3 Å². The summed E-state index contributed by atoms with van der Waals surface area (Å²) in [4.78, 5) is 26.0. The van der Waals surface area contributed by atoms with Crippen LogP contribution in [0.2, 0.25) is 0 Å². The summed E-state index contributed by atoms with van der Waals surface area (Å²) in [5, 5.41) is 0. The van der Waals surface area contributed by atoms with Gasteiger partial charge in [-0.25, -0.2) is 4.79 Å². The normalized spacial score (nSPS) is 22.8. The predicted octanol–water partition coefficient (Wildman–Crippen LogP) is 1.86. The van der Waals surface area contributed by atoms with Crippen LogP contribution in [0.4, 0.5) is 0 Å². The van der Waals surface area contributed by atoms with Crippen molar-refractivity contribution in [3.63, 3.8) is 0 Å². The van der Waals surface area contributed by atoms with Gasteiger partial charge in [0.1, 0.15) is 0 Å². The quantitative estimate of drug-likeness (QED) is 0.689. The largest absolute Gasteiger partial charge is 0.463 e. The van der Waals surface area contributed by atoms with E-state index in [1.54, 1.807) is 18.9 Å². The predicted molar refractivity (Wildman–Crippen MR) is 63.0 cm³/mol. The van der Waals surface area contributed by atoms with Crippen LogP contribution in [-0.4, -0.2) is 30.4 Å². The fourth-order valence-electron chi connectivity index (χ4n) is 3.08. The van der Waals surface area contributed by atoms with E-state index in [1.165, 1.54) is 0 Å². The van der Waals surface area contributed by atoms with E-state index in [0.29, 0.717) is 12.2 Å². The first-order chi connectivity index (χ1) is 8.04. The molecule has 4 nitrogen and oxygen atoms in total. The van der Waals surface area contributed by atoms with Gasteiger partial charge in [-0.3, -0.25) is 4.79 Å². The summed E-state index contributed by atoms with van der Waals surface area (Å²) in [5.41, 5.74) is 0.783. The van der Waals surface area contributed by atoms with Gasteiger partial charge >= 0.3 is 5.97 Å². The van der Waals surface area contributed by atoms with E-state index in [9.17, 15) is 9.59 Å². The second-order valence-corrected chi connectivity index (χ2v) is 4.83. The Kier molecular flexibility index (Phi) is 2.98. The third kappa shape index (κ3) is 1.58. The summed E-state index contributed by atoms with van der Waals surface area (Å²) in [6.45, 7) is 3.97. The number of nitrogens with zero attached hydrogens (tertiary/aromatic N) is 1. The van der Waals surface area contributed by atoms with Crippen molar-refractivity contribution >= 4 is 11.9 Å². The first-order valence-corrected chi connectivity index (χ1v) is 6.21. The number of amides is 1. The van der Waals surface area contributed by atoms with Crippen LogP contribution < -0.4 is 0 Å². The van der Waals surface area contributed by atoms with Crippen molar-refractivity contribution in [1.29, 1.82) is 0 Å². The van der Waals surface area contributed by atoms with Crippen LogP contribution in [0.3, 0.4) is 0 Å². The molecule has 0 unspecified atom stereocenters. The molecule has 0 aromatic rings. The lowest BCUT2D eigenvalue weighted by Gasteiger charge is -2.23. The van der Waals surface area contributed by atoms with Crippen LogP contribution in [0.25, 0.3) is 0 Å². The number of esters is 1. The van der Waals surface area contributed by atoms with E-state index in [4.69, 9.17) is 4.74 Å². The molecule has 2 aliphatic rings. The average Bonchev–Trinajstić information content (AvgIpc) is 2.83. The van der Waals surface area contributed by atoms with Crippen molar-refractivity contribution in [3.05, 3.63) is 11.3 Å².